The lowest BCUT2D eigenvalue weighted by Gasteiger charge is -2.02. The Morgan fingerprint density at radius 3 is 2.67 bits per heavy atom. The van der Waals surface area contributed by atoms with Crippen LogP contribution in [0.3, 0.4) is 0 Å². The molecular weight excluding hydrogens is 308 g/mol. The first-order chi connectivity index (χ1) is 8.84. The number of hydrogen-bond acceptors (Lipinski definition) is 2. The third-order valence-corrected chi connectivity index (χ3v) is 4.86. The van der Waals surface area contributed by atoms with Crippen LogP contribution in [0.5, 0.6) is 0 Å². The van der Waals surface area contributed by atoms with Crippen molar-refractivity contribution < 1.29 is 4.42 Å². The number of halogens is 1. The highest BCUT2D eigenvalue weighted by atomic mass is 79.9. The topological polar surface area (TPSA) is 13.1 Å². The van der Waals surface area contributed by atoms with E-state index in [9.17, 15) is 0 Å². The summed E-state index contributed by atoms with van der Waals surface area (Å²) in [5, 5.41) is 1.21. The summed E-state index contributed by atoms with van der Waals surface area (Å²) in [7, 11) is 0. The van der Waals surface area contributed by atoms with Gasteiger partial charge in [0, 0.05) is 26.1 Å². The normalized spacial score (nSPS) is 10.9. The largest absolute Gasteiger partial charge is 0.464 e. The van der Waals surface area contributed by atoms with Gasteiger partial charge >= 0.3 is 0 Å². The van der Waals surface area contributed by atoms with Crippen LogP contribution in [0.25, 0.3) is 11.0 Å². The molecule has 0 fully saturated rings. The fourth-order valence-corrected chi connectivity index (χ4v) is 3.41. The smallest absolute Gasteiger partial charge is 0.134 e. The van der Waals surface area contributed by atoms with Crippen molar-refractivity contribution in [1.29, 1.82) is 0 Å². The molecule has 0 radical (unpaired) electrons. The maximum absolute atomic E-state index is 5.54. The van der Waals surface area contributed by atoms with Gasteiger partial charge in [-0.1, -0.05) is 30.3 Å². The summed E-state index contributed by atoms with van der Waals surface area (Å²) in [4.78, 5) is 1.25. The van der Waals surface area contributed by atoms with E-state index < -0.39 is 0 Å². The fourth-order valence-electron chi connectivity index (χ4n) is 1.86. The molecule has 0 saturated carbocycles. The Morgan fingerprint density at radius 2 is 1.78 bits per heavy atom. The van der Waals surface area contributed by atoms with Gasteiger partial charge in [0.15, 0.2) is 0 Å². The van der Waals surface area contributed by atoms with E-state index in [0.717, 1.165) is 15.8 Å². The van der Waals surface area contributed by atoms with Gasteiger partial charge in [0.05, 0.1) is 6.26 Å². The second-order valence-electron chi connectivity index (χ2n) is 3.98. The molecule has 3 rings (SSSR count). The standard InChI is InChI=1S/C15H11BrOS/c16-13-6-2-4-8-15(13)18-10-11-9-17-14-7-3-1-5-12(11)14/h1-9H,10H2. The van der Waals surface area contributed by atoms with E-state index in [-0.39, 0.29) is 0 Å². The van der Waals surface area contributed by atoms with E-state index in [4.69, 9.17) is 4.42 Å². The monoisotopic (exact) mass is 318 g/mol. The molecule has 18 heavy (non-hydrogen) atoms. The predicted molar refractivity (Wildman–Crippen MR) is 79.9 cm³/mol. The number of rotatable bonds is 3. The average Bonchev–Trinajstić information content (AvgIpc) is 2.81. The summed E-state index contributed by atoms with van der Waals surface area (Å²) >= 11 is 5.38. The molecule has 0 N–H and O–H groups in total. The van der Waals surface area contributed by atoms with Crippen molar-refractivity contribution in [1.82, 2.24) is 0 Å². The van der Waals surface area contributed by atoms with Crippen LogP contribution in [0, 0.1) is 0 Å². The van der Waals surface area contributed by atoms with Crippen LogP contribution < -0.4 is 0 Å². The lowest BCUT2D eigenvalue weighted by Crippen LogP contribution is -1.79. The molecule has 0 bridgehead atoms. The third kappa shape index (κ3) is 2.33. The van der Waals surface area contributed by atoms with Gasteiger partial charge in [-0.15, -0.1) is 11.8 Å². The fraction of sp³-hybridized carbons (Fsp3) is 0.0667. The van der Waals surface area contributed by atoms with E-state index in [1.165, 1.54) is 15.8 Å². The number of hydrogen-bond donors (Lipinski definition) is 0. The number of para-hydroxylation sites is 1. The van der Waals surface area contributed by atoms with Gasteiger partial charge in [-0.05, 0) is 34.1 Å². The van der Waals surface area contributed by atoms with Gasteiger partial charge < -0.3 is 4.42 Å². The van der Waals surface area contributed by atoms with Crippen molar-refractivity contribution in [3.05, 3.63) is 64.8 Å². The van der Waals surface area contributed by atoms with Gasteiger partial charge in [-0.25, -0.2) is 0 Å². The van der Waals surface area contributed by atoms with E-state index >= 15 is 0 Å². The van der Waals surface area contributed by atoms with Crippen molar-refractivity contribution in [3.8, 4) is 0 Å². The molecule has 0 atom stereocenters. The van der Waals surface area contributed by atoms with E-state index in [1.54, 1.807) is 0 Å². The minimum atomic E-state index is 0.916. The Morgan fingerprint density at radius 1 is 1.00 bits per heavy atom. The first kappa shape index (κ1) is 11.9. The summed E-state index contributed by atoms with van der Waals surface area (Å²) in [6.07, 6.45) is 1.86. The first-order valence-corrected chi connectivity index (χ1v) is 7.45. The van der Waals surface area contributed by atoms with Crippen LogP contribution >= 0.6 is 27.7 Å². The van der Waals surface area contributed by atoms with Crippen molar-refractivity contribution >= 4 is 38.7 Å². The van der Waals surface area contributed by atoms with Gasteiger partial charge in [0.25, 0.3) is 0 Å². The van der Waals surface area contributed by atoms with Gasteiger partial charge in [0.1, 0.15) is 5.58 Å². The molecular formula is C15H11BrOS. The minimum absolute atomic E-state index is 0.916. The summed E-state index contributed by atoms with van der Waals surface area (Å²) in [5.74, 6) is 0.916. The molecule has 1 heterocycles. The molecule has 90 valence electrons. The van der Waals surface area contributed by atoms with Crippen molar-refractivity contribution in [2.45, 2.75) is 10.6 Å². The molecule has 0 aliphatic rings. The number of furan rings is 1. The molecule has 1 nitrogen and oxygen atoms in total. The van der Waals surface area contributed by atoms with Crippen LogP contribution in [0.2, 0.25) is 0 Å². The summed E-state index contributed by atoms with van der Waals surface area (Å²) in [6, 6.07) is 16.4. The van der Waals surface area contributed by atoms with Crippen molar-refractivity contribution in [2.24, 2.45) is 0 Å². The molecule has 0 aliphatic carbocycles. The molecule has 2 aromatic carbocycles. The second-order valence-corrected chi connectivity index (χ2v) is 5.85. The molecule has 0 spiro atoms. The SMILES string of the molecule is Brc1ccccc1SCc1coc2ccccc12. The summed E-state index contributed by atoms with van der Waals surface area (Å²) < 4.78 is 6.68. The van der Waals surface area contributed by atoms with Gasteiger partial charge in [0.2, 0.25) is 0 Å². The highest BCUT2D eigenvalue weighted by Gasteiger charge is 2.06. The molecule has 1 aromatic heterocycles. The first-order valence-electron chi connectivity index (χ1n) is 5.67. The highest BCUT2D eigenvalue weighted by molar-refractivity contribution is 9.10. The Hall–Kier alpha value is -1.19. The summed E-state index contributed by atoms with van der Waals surface area (Å²) in [6.45, 7) is 0. The quantitative estimate of drug-likeness (QED) is 0.592. The highest BCUT2D eigenvalue weighted by Crippen LogP contribution is 2.32. The van der Waals surface area contributed by atoms with Crippen LogP contribution in [0.15, 0.2) is 68.6 Å². The van der Waals surface area contributed by atoms with E-state index in [0.29, 0.717) is 0 Å². The minimum Gasteiger partial charge on any atom is -0.464 e. The third-order valence-electron chi connectivity index (χ3n) is 2.78. The van der Waals surface area contributed by atoms with Crippen LogP contribution in [-0.2, 0) is 5.75 Å². The molecule has 0 saturated heterocycles. The Kier molecular flexibility index (Phi) is 3.43. The summed E-state index contributed by atoms with van der Waals surface area (Å²) in [5.41, 5.74) is 2.20. The van der Waals surface area contributed by atoms with E-state index in [2.05, 4.69) is 40.2 Å². The maximum Gasteiger partial charge on any atom is 0.134 e. The zero-order valence-corrected chi connectivity index (χ0v) is 12.0. The number of fused-ring (bicyclic) bond motifs is 1. The van der Waals surface area contributed by atoms with Crippen LogP contribution in [-0.4, -0.2) is 0 Å². The van der Waals surface area contributed by atoms with Crippen LogP contribution in [0.1, 0.15) is 5.56 Å². The van der Waals surface area contributed by atoms with Crippen molar-refractivity contribution in [3.63, 3.8) is 0 Å². The Labute approximate surface area is 118 Å². The molecule has 0 aliphatic heterocycles. The average molecular weight is 319 g/mol. The van der Waals surface area contributed by atoms with Crippen LogP contribution in [0.4, 0.5) is 0 Å². The second kappa shape index (κ2) is 5.21. The Bertz CT molecular complexity index is 675. The number of benzene rings is 2. The van der Waals surface area contributed by atoms with E-state index in [1.807, 2.05) is 42.3 Å². The zero-order valence-electron chi connectivity index (χ0n) is 9.60. The van der Waals surface area contributed by atoms with Gasteiger partial charge in [-0.2, -0.15) is 0 Å². The molecule has 3 heteroatoms. The van der Waals surface area contributed by atoms with Gasteiger partial charge in [-0.3, -0.25) is 0 Å². The lowest BCUT2D eigenvalue weighted by molar-refractivity contribution is 0.612. The predicted octanol–water partition coefficient (Wildman–Crippen LogP) is 5.49. The molecule has 0 amide bonds. The Balaban J connectivity index is 1.83. The zero-order chi connectivity index (χ0) is 12.4. The molecule has 3 aromatic rings. The maximum atomic E-state index is 5.54. The lowest BCUT2D eigenvalue weighted by atomic mass is 10.2. The molecule has 0 unspecified atom stereocenters. The number of thioether (sulfide) groups is 1. The van der Waals surface area contributed by atoms with Crippen molar-refractivity contribution in [2.75, 3.05) is 0 Å².